The van der Waals surface area contributed by atoms with Gasteiger partial charge in [-0.1, -0.05) is 55.8 Å². The zero-order valence-electron chi connectivity index (χ0n) is 16.2. The summed E-state index contributed by atoms with van der Waals surface area (Å²) in [4.78, 5) is 36.0. The van der Waals surface area contributed by atoms with Crippen molar-refractivity contribution in [3.05, 3.63) is 71.3 Å². The first-order valence-electron chi connectivity index (χ1n) is 9.42. The minimum Gasteiger partial charge on any atom is -0.452 e. The van der Waals surface area contributed by atoms with Crippen LogP contribution in [0.1, 0.15) is 48.2 Å². The molecule has 0 saturated heterocycles. The fourth-order valence-corrected chi connectivity index (χ4v) is 2.55. The number of carbonyl (C=O) groups excluding carboxylic acids is 3. The number of esters is 1. The molecule has 0 heterocycles. The maximum absolute atomic E-state index is 12.1. The van der Waals surface area contributed by atoms with Gasteiger partial charge < -0.3 is 4.74 Å². The molecule has 2 amide bonds. The van der Waals surface area contributed by atoms with Crippen molar-refractivity contribution in [3.63, 3.8) is 0 Å². The molecule has 0 unspecified atom stereocenters. The molecule has 6 heteroatoms. The minimum absolute atomic E-state index is 0.0854. The second kappa shape index (κ2) is 10.9. The van der Waals surface area contributed by atoms with Crippen molar-refractivity contribution in [3.8, 4) is 0 Å². The van der Waals surface area contributed by atoms with Crippen LogP contribution >= 0.6 is 0 Å². The number of unbranched alkanes of at least 4 members (excludes halogenated alkanes) is 1. The fourth-order valence-electron chi connectivity index (χ4n) is 2.55. The Hall–Kier alpha value is -3.15. The van der Waals surface area contributed by atoms with E-state index in [0.29, 0.717) is 5.56 Å². The molecule has 0 aliphatic carbocycles. The van der Waals surface area contributed by atoms with Crippen molar-refractivity contribution in [2.45, 2.75) is 45.6 Å². The van der Waals surface area contributed by atoms with Gasteiger partial charge in [0.15, 0.2) is 6.10 Å². The summed E-state index contributed by atoms with van der Waals surface area (Å²) >= 11 is 0. The van der Waals surface area contributed by atoms with Crippen molar-refractivity contribution >= 4 is 17.8 Å². The SMILES string of the molecule is CCCCc1ccc(CC(=O)O[C@H](C)C(=O)NNC(=O)c2ccccc2)cc1. The van der Waals surface area contributed by atoms with Crippen molar-refractivity contribution in [2.24, 2.45) is 0 Å². The summed E-state index contributed by atoms with van der Waals surface area (Å²) in [6, 6.07) is 16.3. The fraction of sp³-hybridized carbons (Fsp3) is 0.318. The Morgan fingerprint density at radius 2 is 1.57 bits per heavy atom. The van der Waals surface area contributed by atoms with Gasteiger partial charge in [-0.2, -0.15) is 0 Å². The summed E-state index contributed by atoms with van der Waals surface area (Å²) in [5, 5.41) is 0. The van der Waals surface area contributed by atoms with Gasteiger partial charge in [0.2, 0.25) is 0 Å². The van der Waals surface area contributed by atoms with Crippen LogP contribution in [0.2, 0.25) is 0 Å². The largest absolute Gasteiger partial charge is 0.452 e. The molecule has 28 heavy (non-hydrogen) atoms. The highest BCUT2D eigenvalue weighted by Gasteiger charge is 2.18. The Morgan fingerprint density at radius 3 is 2.21 bits per heavy atom. The Bertz CT molecular complexity index is 788. The molecule has 0 radical (unpaired) electrons. The number of hydrogen-bond donors (Lipinski definition) is 2. The first-order chi connectivity index (χ1) is 13.5. The van der Waals surface area contributed by atoms with E-state index in [1.807, 2.05) is 24.3 Å². The molecular formula is C22H26N2O4. The topological polar surface area (TPSA) is 84.5 Å². The van der Waals surface area contributed by atoms with Crippen molar-refractivity contribution < 1.29 is 19.1 Å². The number of amides is 2. The number of rotatable bonds is 8. The van der Waals surface area contributed by atoms with Crippen LogP contribution in [-0.4, -0.2) is 23.9 Å². The molecule has 1 atom stereocenters. The van der Waals surface area contributed by atoms with Crippen LogP contribution in [0.5, 0.6) is 0 Å². The molecule has 148 valence electrons. The van der Waals surface area contributed by atoms with Gasteiger partial charge in [0.1, 0.15) is 0 Å². The quantitative estimate of drug-likeness (QED) is 0.543. The van der Waals surface area contributed by atoms with Crippen molar-refractivity contribution in [2.75, 3.05) is 0 Å². The Kier molecular flexibility index (Phi) is 8.21. The van der Waals surface area contributed by atoms with E-state index in [1.165, 1.54) is 12.5 Å². The third-order valence-corrected chi connectivity index (χ3v) is 4.20. The summed E-state index contributed by atoms with van der Waals surface area (Å²) in [6.45, 7) is 3.60. The maximum atomic E-state index is 12.1. The third-order valence-electron chi connectivity index (χ3n) is 4.20. The Morgan fingerprint density at radius 1 is 0.929 bits per heavy atom. The van der Waals surface area contributed by atoms with Crippen LogP contribution in [0.15, 0.2) is 54.6 Å². The van der Waals surface area contributed by atoms with Crippen LogP contribution in [0.3, 0.4) is 0 Å². The minimum atomic E-state index is -1.02. The highest BCUT2D eigenvalue weighted by Crippen LogP contribution is 2.09. The summed E-state index contributed by atoms with van der Waals surface area (Å²) < 4.78 is 5.15. The molecule has 2 aromatic carbocycles. The molecular weight excluding hydrogens is 356 g/mol. The molecule has 2 rings (SSSR count). The second-order valence-electron chi connectivity index (χ2n) is 6.54. The van der Waals surface area contributed by atoms with Gasteiger partial charge in [0.25, 0.3) is 11.8 Å². The smallest absolute Gasteiger partial charge is 0.311 e. The van der Waals surface area contributed by atoms with Gasteiger partial charge in [0.05, 0.1) is 6.42 Å². The zero-order chi connectivity index (χ0) is 20.4. The summed E-state index contributed by atoms with van der Waals surface area (Å²) in [6.07, 6.45) is 2.36. The highest BCUT2D eigenvalue weighted by atomic mass is 16.5. The molecule has 2 N–H and O–H groups in total. The number of benzene rings is 2. The molecule has 0 aliphatic heterocycles. The summed E-state index contributed by atoms with van der Waals surface area (Å²) in [5.74, 6) is -1.55. The zero-order valence-corrected chi connectivity index (χ0v) is 16.2. The predicted molar refractivity (Wildman–Crippen MR) is 106 cm³/mol. The molecule has 0 aliphatic rings. The van der Waals surface area contributed by atoms with Gasteiger partial charge in [-0.05, 0) is 43.0 Å². The number of nitrogens with one attached hydrogen (secondary N) is 2. The van der Waals surface area contributed by atoms with Crippen LogP contribution in [-0.2, 0) is 27.2 Å². The number of hydrogen-bond acceptors (Lipinski definition) is 4. The van der Waals surface area contributed by atoms with E-state index in [1.54, 1.807) is 30.3 Å². The van der Waals surface area contributed by atoms with E-state index < -0.39 is 23.9 Å². The Balaban J connectivity index is 1.76. The van der Waals surface area contributed by atoms with Gasteiger partial charge in [-0.15, -0.1) is 0 Å². The molecule has 0 bridgehead atoms. The molecule has 0 saturated carbocycles. The first kappa shape index (κ1) is 21.2. The number of hydrazine groups is 1. The normalized spacial score (nSPS) is 11.4. The molecule has 0 aromatic heterocycles. The second-order valence-corrected chi connectivity index (χ2v) is 6.54. The van der Waals surface area contributed by atoms with E-state index in [0.717, 1.165) is 24.8 Å². The lowest BCUT2D eigenvalue weighted by Crippen LogP contribution is -2.46. The van der Waals surface area contributed by atoms with E-state index in [4.69, 9.17) is 4.74 Å². The third kappa shape index (κ3) is 6.87. The van der Waals surface area contributed by atoms with E-state index in [9.17, 15) is 14.4 Å². The van der Waals surface area contributed by atoms with Gasteiger partial charge in [-0.25, -0.2) is 0 Å². The monoisotopic (exact) mass is 382 g/mol. The molecule has 0 fully saturated rings. The first-order valence-corrected chi connectivity index (χ1v) is 9.42. The molecule has 6 nitrogen and oxygen atoms in total. The standard InChI is InChI=1S/C22H26N2O4/c1-3-4-8-17-11-13-18(14-12-17)15-20(25)28-16(2)21(26)23-24-22(27)19-9-6-5-7-10-19/h5-7,9-14,16H,3-4,8,15H2,1-2H3,(H,23,26)(H,24,27)/t16-/m1/s1. The average Bonchev–Trinajstić information content (AvgIpc) is 2.71. The van der Waals surface area contributed by atoms with Gasteiger partial charge in [0, 0.05) is 5.56 Å². The molecule has 0 spiro atoms. The summed E-state index contributed by atoms with van der Waals surface area (Å²) in [5.41, 5.74) is 7.03. The van der Waals surface area contributed by atoms with E-state index in [-0.39, 0.29) is 6.42 Å². The summed E-state index contributed by atoms with van der Waals surface area (Å²) in [7, 11) is 0. The highest BCUT2D eigenvalue weighted by molar-refractivity contribution is 5.95. The lowest BCUT2D eigenvalue weighted by atomic mass is 10.1. The van der Waals surface area contributed by atoms with Crippen LogP contribution in [0.25, 0.3) is 0 Å². The van der Waals surface area contributed by atoms with Crippen molar-refractivity contribution in [1.82, 2.24) is 10.9 Å². The number of carbonyl (C=O) groups is 3. The van der Waals surface area contributed by atoms with Crippen LogP contribution in [0, 0.1) is 0 Å². The van der Waals surface area contributed by atoms with E-state index >= 15 is 0 Å². The predicted octanol–water partition coefficient (Wildman–Crippen LogP) is 2.96. The number of ether oxygens (including phenoxy) is 1. The maximum Gasteiger partial charge on any atom is 0.311 e. The van der Waals surface area contributed by atoms with Gasteiger partial charge in [-0.3, -0.25) is 25.2 Å². The average molecular weight is 382 g/mol. The van der Waals surface area contributed by atoms with Crippen molar-refractivity contribution in [1.29, 1.82) is 0 Å². The van der Waals surface area contributed by atoms with Crippen LogP contribution in [0.4, 0.5) is 0 Å². The molecule has 2 aromatic rings. The Labute approximate surface area is 165 Å². The lowest BCUT2D eigenvalue weighted by molar-refractivity contribution is -0.154. The number of aryl methyl sites for hydroxylation is 1. The van der Waals surface area contributed by atoms with Gasteiger partial charge >= 0.3 is 5.97 Å². The van der Waals surface area contributed by atoms with Crippen LogP contribution < -0.4 is 10.9 Å². The van der Waals surface area contributed by atoms with E-state index in [2.05, 4.69) is 17.8 Å². The lowest BCUT2D eigenvalue weighted by Gasteiger charge is -2.14.